The Bertz CT molecular complexity index is 1310. The summed E-state index contributed by atoms with van der Waals surface area (Å²) in [6.07, 6.45) is 1.76. The molecule has 0 aromatic heterocycles. The molecule has 0 aliphatic carbocycles. The van der Waals surface area contributed by atoms with Gasteiger partial charge in [-0.2, -0.15) is 0 Å². The van der Waals surface area contributed by atoms with Gasteiger partial charge in [-0.05, 0) is 88.1 Å². The topological polar surface area (TPSA) is 0 Å². The molecule has 3 aromatic rings. The van der Waals surface area contributed by atoms with Gasteiger partial charge < -0.3 is 0 Å². The summed E-state index contributed by atoms with van der Waals surface area (Å²) in [6, 6.07) is 26.2. The van der Waals surface area contributed by atoms with Crippen LogP contribution in [-0.2, 0) is 10.8 Å². The van der Waals surface area contributed by atoms with Gasteiger partial charge in [0.1, 0.15) is 0 Å². The minimum absolute atomic E-state index is 0.0311. The third-order valence-corrected chi connectivity index (χ3v) is 7.26. The second-order valence-corrected chi connectivity index (χ2v) is 11.6. The highest BCUT2D eigenvalue weighted by Gasteiger charge is 2.25. The molecule has 3 rings (SSSR count). The number of rotatable bonds is 10. The second kappa shape index (κ2) is 10.7. The van der Waals surface area contributed by atoms with Crippen LogP contribution in [0.3, 0.4) is 0 Å². The molecule has 0 saturated carbocycles. The van der Waals surface area contributed by atoms with E-state index >= 15 is 0 Å². The van der Waals surface area contributed by atoms with E-state index in [1.165, 1.54) is 33.4 Å². The summed E-state index contributed by atoms with van der Waals surface area (Å²) >= 11 is 0. The van der Waals surface area contributed by atoms with Gasteiger partial charge in [-0.3, -0.25) is 0 Å². The van der Waals surface area contributed by atoms with E-state index in [4.69, 9.17) is 0 Å². The minimum Gasteiger partial charge on any atom is -0.0955 e. The van der Waals surface area contributed by atoms with E-state index in [1.54, 1.807) is 0 Å². The summed E-state index contributed by atoms with van der Waals surface area (Å²) in [4.78, 5) is 0. The maximum atomic E-state index is 4.51. The van der Waals surface area contributed by atoms with Crippen LogP contribution >= 0.6 is 0 Å². The highest BCUT2D eigenvalue weighted by atomic mass is 14.3. The van der Waals surface area contributed by atoms with Crippen LogP contribution in [0.2, 0.25) is 0 Å². The molecule has 0 unspecified atom stereocenters. The average molecular weight is 475 g/mol. The molecular weight excluding hydrogens is 432 g/mol. The van der Waals surface area contributed by atoms with Gasteiger partial charge in [0.25, 0.3) is 0 Å². The lowest BCUT2D eigenvalue weighted by Gasteiger charge is -2.29. The Morgan fingerprint density at radius 2 is 0.861 bits per heavy atom. The molecule has 0 amide bonds. The van der Waals surface area contributed by atoms with Crippen molar-refractivity contribution in [3.63, 3.8) is 0 Å². The third kappa shape index (κ3) is 6.43. The minimum atomic E-state index is -0.0576. The van der Waals surface area contributed by atoms with Gasteiger partial charge >= 0.3 is 0 Å². The smallest absolute Gasteiger partial charge is 0.00630 e. The van der Waals surface area contributed by atoms with Crippen molar-refractivity contribution in [2.45, 2.75) is 65.2 Å². The van der Waals surface area contributed by atoms with Crippen LogP contribution in [0.25, 0.3) is 22.3 Å². The van der Waals surface area contributed by atoms with Gasteiger partial charge in [-0.25, -0.2) is 0 Å². The van der Waals surface area contributed by atoms with Crippen molar-refractivity contribution in [1.29, 1.82) is 0 Å². The molecule has 0 bridgehead atoms. The van der Waals surface area contributed by atoms with Gasteiger partial charge in [0.2, 0.25) is 0 Å². The van der Waals surface area contributed by atoms with Crippen molar-refractivity contribution < 1.29 is 0 Å². The zero-order chi connectivity index (χ0) is 26.7. The van der Waals surface area contributed by atoms with Crippen LogP contribution in [0.5, 0.6) is 0 Å². The summed E-state index contributed by atoms with van der Waals surface area (Å²) < 4.78 is 0. The molecule has 0 aliphatic rings. The Labute approximate surface area is 219 Å². The van der Waals surface area contributed by atoms with E-state index in [0.29, 0.717) is 0 Å². The normalized spacial score (nSPS) is 11.7. The van der Waals surface area contributed by atoms with E-state index in [9.17, 15) is 0 Å². The number of hydrogen-bond acceptors (Lipinski definition) is 0. The van der Waals surface area contributed by atoms with Gasteiger partial charge in [0.15, 0.2) is 0 Å². The average Bonchev–Trinajstić information content (AvgIpc) is 2.83. The third-order valence-electron chi connectivity index (χ3n) is 7.26. The molecule has 0 atom stereocenters. The number of benzene rings is 3. The lowest BCUT2D eigenvalue weighted by Crippen LogP contribution is -2.19. The Balaban J connectivity index is 1.80. The Kier molecular flexibility index (Phi) is 8.09. The Morgan fingerprint density at radius 1 is 0.528 bits per heavy atom. The fraction of sp³-hybridized carbons (Fsp3) is 0.278. The van der Waals surface area contributed by atoms with Crippen LogP contribution in [-0.4, -0.2) is 0 Å². The maximum Gasteiger partial charge on any atom is -0.00630 e. The molecule has 3 aromatic carbocycles. The zero-order valence-electron chi connectivity index (χ0n) is 23.2. The van der Waals surface area contributed by atoms with Crippen LogP contribution in [0.4, 0.5) is 0 Å². The molecule has 36 heavy (non-hydrogen) atoms. The first-order chi connectivity index (χ1) is 16.8. The molecule has 0 aliphatic heterocycles. The highest BCUT2D eigenvalue weighted by molar-refractivity contribution is 5.71. The number of hydrogen-bond donors (Lipinski definition) is 0. The summed E-state index contributed by atoms with van der Waals surface area (Å²) in [6.45, 7) is 30.5. The van der Waals surface area contributed by atoms with Crippen molar-refractivity contribution >= 4 is 22.3 Å². The fourth-order valence-electron chi connectivity index (χ4n) is 4.85. The molecule has 0 N–H and O–H groups in total. The van der Waals surface area contributed by atoms with Crippen LogP contribution in [0.15, 0.2) is 99.1 Å². The number of allylic oxidation sites excluding steroid dienone is 4. The Morgan fingerprint density at radius 3 is 1.31 bits per heavy atom. The highest BCUT2D eigenvalue weighted by Crippen LogP contribution is 2.38. The van der Waals surface area contributed by atoms with E-state index < -0.39 is 0 Å². The SMILES string of the molecule is C=C(C)c1cccc(C(=C)CC(C)(C)c2cccc(C(=C)CC(C)(C)c3cccc(C(=C)C)c3)c2)c1. The largest absolute Gasteiger partial charge is 0.0955 e. The molecule has 0 radical (unpaired) electrons. The Hall–Kier alpha value is -3.38. The van der Waals surface area contributed by atoms with E-state index in [1.807, 2.05) is 6.92 Å². The lowest BCUT2D eigenvalue weighted by atomic mass is 9.75. The van der Waals surface area contributed by atoms with E-state index in [-0.39, 0.29) is 10.8 Å². The molecule has 0 heterocycles. The molecule has 0 nitrogen and oxygen atoms in total. The second-order valence-electron chi connectivity index (χ2n) is 11.6. The first kappa shape index (κ1) is 27.2. The molecule has 186 valence electrons. The van der Waals surface area contributed by atoms with Crippen molar-refractivity contribution in [3.05, 3.63) is 132 Å². The van der Waals surface area contributed by atoms with Crippen molar-refractivity contribution in [1.82, 2.24) is 0 Å². The van der Waals surface area contributed by atoms with Gasteiger partial charge in [0, 0.05) is 0 Å². The van der Waals surface area contributed by atoms with Gasteiger partial charge in [0.05, 0.1) is 0 Å². The molecular formula is C36H42. The van der Waals surface area contributed by atoms with Gasteiger partial charge in [-0.1, -0.05) is 132 Å². The molecule has 0 saturated heterocycles. The summed E-state index contributed by atoms with van der Waals surface area (Å²) in [7, 11) is 0. The van der Waals surface area contributed by atoms with Crippen molar-refractivity contribution in [2.24, 2.45) is 0 Å². The summed E-state index contributed by atoms with van der Waals surface area (Å²) in [5.41, 5.74) is 11.8. The standard InChI is InChI=1S/C36H42/c1-25(2)29-14-11-16-31(20-29)27(5)23-36(9,10)34-19-13-17-32(22-34)28(6)24-35(7,8)33-18-12-15-30(21-33)26(3)4/h11-22H,1,3,5-6,23-24H2,2,4,7-10H3. The van der Waals surface area contributed by atoms with E-state index in [2.05, 4.69) is 134 Å². The fourth-order valence-corrected chi connectivity index (χ4v) is 4.85. The van der Waals surface area contributed by atoms with Crippen molar-refractivity contribution in [3.8, 4) is 0 Å². The first-order valence-corrected chi connectivity index (χ1v) is 12.8. The molecule has 0 fully saturated rings. The summed E-state index contributed by atoms with van der Waals surface area (Å²) in [5.74, 6) is 0. The summed E-state index contributed by atoms with van der Waals surface area (Å²) in [5, 5.41) is 0. The quantitative estimate of drug-likeness (QED) is 0.274. The van der Waals surface area contributed by atoms with Crippen molar-refractivity contribution in [2.75, 3.05) is 0 Å². The van der Waals surface area contributed by atoms with Gasteiger partial charge in [-0.15, -0.1) is 0 Å². The first-order valence-electron chi connectivity index (χ1n) is 12.8. The monoisotopic (exact) mass is 474 g/mol. The maximum absolute atomic E-state index is 4.51. The van der Waals surface area contributed by atoms with Crippen LogP contribution in [0, 0.1) is 0 Å². The zero-order valence-corrected chi connectivity index (χ0v) is 23.2. The lowest BCUT2D eigenvalue weighted by molar-refractivity contribution is 0.538. The van der Waals surface area contributed by atoms with Crippen LogP contribution in [0.1, 0.15) is 87.8 Å². The predicted molar refractivity (Wildman–Crippen MR) is 162 cm³/mol. The van der Waals surface area contributed by atoms with Crippen LogP contribution < -0.4 is 0 Å². The van der Waals surface area contributed by atoms with E-state index in [0.717, 1.165) is 35.1 Å². The molecule has 0 spiro atoms. The molecule has 0 heteroatoms. The predicted octanol–water partition coefficient (Wildman–Crippen LogP) is 10.5.